The zero-order valence-electron chi connectivity index (χ0n) is 5.05. The number of carbonyl (C=O) groups is 1. The SMILES string of the molecule is CC(=O)c1csc(N)c1. The Morgan fingerprint density at radius 2 is 2.44 bits per heavy atom. The minimum atomic E-state index is 0.0722. The van der Waals surface area contributed by atoms with Crippen LogP contribution in [-0.2, 0) is 0 Å². The molecule has 1 rings (SSSR count). The second-order valence-electron chi connectivity index (χ2n) is 1.79. The average molecular weight is 141 g/mol. The Morgan fingerprint density at radius 3 is 2.67 bits per heavy atom. The van der Waals surface area contributed by atoms with Crippen LogP contribution in [0.5, 0.6) is 0 Å². The van der Waals surface area contributed by atoms with Crippen LogP contribution in [0.1, 0.15) is 17.3 Å². The maximum absolute atomic E-state index is 10.6. The molecule has 0 aromatic carbocycles. The van der Waals surface area contributed by atoms with Gasteiger partial charge in [0.05, 0.1) is 5.00 Å². The number of nitrogens with two attached hydrogens (primary N) is 1. The van der Waals surface area contributed by atoms with E-state index < -0.39 is 0 Å². The molecule has 0 saturated heterocycles. The van der Waals surface area contributed by atoms with Crippen molar-refractivity contribution in [2.24, 2.45) is 0 Å². The van der Waals surface area contributed by atoms with E-state index in [9.17, 15) is 4.79 Å². The van der Waals surface area contributed by atoms with Gasteiger partial charge in [-0.25, -0.2) is 0 Å². The third-order valence-corrected chi connectivity index (χ3v) is 1.79. The fraction of sp³-hybridized carbons (Fsp3) is 0.167. The Bertz CT molecular complexity index is 229. The smallest absolute Gasteiger partial charge is 0.160 e. The molecule has 0 saturated carbocycles. The topological polar surface area (TPSA) is 43.1 Å². The maximum atomic E-state index is 10.6. The molecule has 0 amide bonds. The predicted octanol–water partition coefficient (Wildman–Crippen LogP) is 1.53. The summed E-state index contributed by atoms with van der Waals surface area (Å²) >= 11 is 1.39. The predicted molar refractivity (Wildman–Crippen MR) is 38.7 cm³/mol. The van der Waals surface area contributed by atoms with E-state index in [0.717, 1.165) is 0 Å². The van der Waals surface area contributed by atoms with Gasteiger partial charge in [0.25, 0.3) is 0 Å². The normalized spacial score (nSPS) is 9.44. The fourth-order valence-electron chi connectivity index (χ4n) is 0.537. The van der Waals surface area contributed by atoms with Crippen LogP contribution in [0.4, 0.5) is 5.00 Å². The molecule has 0 aliphatic heterocycles. The number of Topliss-reactive ketones (excluding diaryl/α,β-unsaturated/α-hetero) is 1. The molecule has 1 heterocycles. The van der Waals surface area contributed by atoms with Crippen molar-refractivity contribution in [3.05, 3.63) is 17.0 Å². The molecule has 1 aromatic heterocycles. The number of ketones is 1. The van der Waals surface area contributed by atoms with Gasteiger partial charge in [-0.2, -0.15) is 0 Å². The molecule has 0 bridgehead atoms. The van der Waals surface area contributed by atoms with Crippen molar-refractivity contribution < 1.29 is 4.79 Å². The van der Waals surface area contributed by atoms with Gasteiger partial charge in [-0.1, -0.05) is 0 Å². The number of thiophene rings is 1. The number of hydrogen-bond donors (Lipinski definition) is 1. The Balaban J connectivity index is 2.98. The number of nitrogen functional groups attached to an aromatic ring is 1. The van der Waals surface area contributed by atoms with Gasteiger partial charge in [0.2, 0.25) is 0 Å². The number of rotatable bonds is 1. The molecule has 48 valence electrons. The van der Waals surface area contributed by atoms with Crippen LogP contribution in [-0.4, -0.2) is 5.78 Å². The zero-order valence-corrected chi connectivity index (χ0v) is 5.87. The molecule has 0 atom stereocenters. The van der Waals surface area contributed by atoms with Gasteiger partial charge in [0, 0.05) is 10.9 Å². The van der Waals surface area contributed by atoms with E-state index in [4.69, 9.17) is 5.73 Å². The highest BCUT2D eigenvalue weighted by atomic mass is 32.1. The third kappa shape index (κ3) is 1.29. The van der Waals surface area contributed by atoms with Crippen LogP contribution < -0.4 is 5.73 Å². The molecule has 0 spiro atoms. The summed E-state index contributed by atoms with van der Waals surface area (Å²) < 4.78 is 0. The van der Waals surface area contributed by atoms with E-state index in [2.05, 4.69) is 0 Å². The van der Waals surface area contributed by atoms with Gasteiger partial charge in [-0.05, 0) is 13.0 Å². The monoisotopic (exact) mass is 141 g/mol. The zero-order chi connectivity index (χ0) is 6.85. The summed E-state index contributed by atoms with van der Waals surface area (Å²) in [5.74, 6) is 0.0722. The first-order chi connectivity index (χ1) is 4.20. The average Bonchev–Trinajstić information content (AvgIpc) is 2.14. The van der Waals surface area contributed by atoms with Crippen LogP contribution in [0, 0.1) is 0 Å². The lowest BCUT2D eigenvalue weighted by Gasteiger charge is -1.81. The van der Waals surface area contributed by atoms with Gasteiger partial charge < -0.3 is 5.73 Å². The summed E-state index contributed by atoms with van der Waals surface area (Å²) in [4.78, 5) is 10.6. The first-order valence-corrected chi connectivity index (χ1v) is 3.43. The number of anilines is 1. The molecular formula is C6H7NOS. The Kier molecular flexibility index (Phi) is 1.53. The summed E-state index contributed by atoms with van der Waals surface area (Å²) in [6.45, 7) is 1.53. The van der Waals surface area contributed by atoms with E-state index in [1.165, 1.54) is 18.3 Å². The molecule has 2 nitrogen and oxygen atoms in total. The van der Waals surface area contributed by atoms with Crippen molar-refractivity contribution >= 4 is 22.1 Å². The molecule has 9 heavy (non-hydrogen) atoms. The largest absolute Gasteiger partial charge is 0.391 e. The van der Waals surface area contributed by atoms with E-state index in [-0.39, 0.29) is 5.78 Å². The van der Waals surface area contributed by atoms with E-state index in [0.29, 0.717) is 10.6 Å². The van der Waals surface area contributed by atoms with Crippen molar-refractivity contribution in [2.75, 3.05) is 5.73 Å². The second kappa shape index (κ2) is 2.19. The molecule has 2 N–H and O–H groups in total. The summed E-state index contributed by atoms with van der Waals surface area (Å²) in [6, 6.07) is 1.69. The number of carbonyl (C=O) groups excluding carboxylic acids is 1. The minimum Gasteiger partial charge on any atom is -0.391 e. The van der Waals surface area contributed by atoms with Crippen molar-refractivity contribution in [1.29, 1.82) is 0 Å². The lowest BCUT2D eigenvalue weighted by molar-refractivity contribution is 0.101. The quantitative estimate of drug-likeness (QED) is 0.603. The summed E-state index contributed by atoms with van der Waals surface area (Å²) in [6.07, 6.45) is 0. The third-order valence-electron chi connectivity index (χ3n) is 1.03. The van der Waals surface area contributed by atoms with Crippen LogP contribution in [0.2, 0.25) is 0 Å². The first-order valence-electron chi connectivity index (χ1n) is 2.55. The lowest BCUT2D eigenvalue weighted by atomic mass is 10.2. The van der Waals surface area contributed by atoms with Crippen molar-refractivity contribution in [2.45, 2.75) is 6.92 Å². The Morgan fingerprint density at radius 1 is 1.78 bits per heavy atom. The van der Waals surface area contributed by atoms with Crippen LogP contribution in [0.25, 0.3) is 0 Å². The van der Waals surface area contributed by atoms with Crippen LogP contribution in [0.15, 0.2) is 11.4 Å². The molecule has 3 heteroatoms. The number of hydrogen-bond acceptors (Lipinski definition) is 3. The summed E-state index contributed by atoms with van der Waals surface area (Å²) in [7, 11) is 0. The van der Waals surface area contributed by atoms with Gasteiger partial charge in [-0.15, -0.1) is 11.3 Å². The summed E-state index contributed by atoms with van der Waals surface area (Å²) in [5, 5.41) is 2.46. The van der Waals surface area contributed by atoms with E-state index in [1.807, 2.05) is 0 Å². The molecular weight excluding hydrogens is 134 g/mol. The van der Waals surface area contributed by atoms with Crippen molar-refractivity contribution in [1.82, 2.24) is 0 Å². The molecule has 0 aliphatic rings. The van der Waals surface area contributed by atoms with Gasteiger partial charge in [0.1, 0.15) is 0 Å². The van der Waals surface area contributed by atoms with Crippen LogP contribution in [0.3, 0.4) is 0 Å². The highest BCUT2D eigenvalue weighted by molar-refractivity contribution is 7.14. The standard InChI is InChI=1S/C6H7NOS/c1-4(8)5-2-6(7)9-3-5/h2-3H,7H2,1H3. The second-order valence-corrected chi connectivity index (χ2v) is 2.74. The van der Waals surface area contributed by atoms with Crippen molar-refractivity contribution in [3.8, 4) is 0 Å². The summed E-state index contributed by atoms with van der Waals surface area (Å²) in [5.41, 5.74) is 6.09. The first kappa shape index (κ1) is 6.29. The highest BCUT2D eigenvalue weighted by Crippen LogP contribution is 2.16. The highest BCUT2D eigenvalue weighted by Gasteiger charge is 1.99. The Hall–Kier alpha value is -0.830. The van der Waals surface area contributed by atoms with Gasteiger partial charge in [-0.3, -0.25) is 4.79 Å². The molecule has 0 unspecified atom stereocenters. The van der Waals surface area contributed by atoms with Gasteiger partial charge in [0.15, 0.2) is 5.78 Å². The lowest BCUT2D eigenvalue weighted by Crippen LogP contribution is -1.86. The van der Waals surface area contributed by atoms with Gasteiger partial charge >= 0.3 is 0 Å². The molecule has 0 fully saturated rings. The minimum absolute atomic E-state index is 0.0722. The van der Waals surface area contributed by atoms with Crippen molar-refractivity contribution in [3.63, 3.8) is 0 Å². The molecule has 0 aliphatic carbocycles. The molecule has 1 aromatic rings. The van der Waals surface area contributed by atoms with E-state index >= 15 is 0 Å². The van der Waals surface area contributed by atoms with Crippen LogP contribution >= 0.6 is 11.3 Å². The van der Waals surface area contributed by atoms with E-state index in [1.54, 1.807) is 11.4 Å². The maximum Gasteiger partial charge on any atom is 0.160 e. The Labute approximate surface area is 57.3 Å². The molecule has 0 radical (unpaired) electrons. The fourth-order valence-corrected chi connectivity index (χ4v) is 1.23.